The molecule has 0 aliphatic heterocycles. The van der Waals surface area contributed by atoms with Gasteiger partial charge in [-0.3, -0.25) is 4.79 Å². The van der Waals surface area contributed by atoms with Gasteiger partial charge < -0.3 is 14.4 Å². The van der Waals surface area contributed by atoms with Gasteiger partial charge in [-0.15, -0.1) is 0 Å². The van der Waals surface area contributed by atoms with Crippen molar-refractivity contribution in [1.29, 1.82) is 0 Å². The molecule has 1 amide bonds. The van der Waals surface area contributed by atoms with Crippen LogP contribution < -0.4 is 9.47 Å². The van der Waals surface area contributed by atoms with Crippen LogP contribution in [0.25, 0.3) is 0 Å². The number of carbonyl (C=O) groups excluding carboxylic acids is 1. The number of hydrogen-bond donors (Lipinski definition) is 0. The van der Waals surface area contributed by atoms with Crippen LogP contribution in [-0.4, -0.2) is 42.3 Å². The molecule has 146 valence electrons. The van der Waals surface area contributed by atoms with Gasteiger partial charge in [0.1, 0.15) is 5.03 Å². The molecular weight excluding hydrogens is 388 g/mol. The Kier molecular flexibility index (Phi) is 7.28. The summed E-state index contributed by atoms with van der Waals surface area (Å²) in [4.78, 5) is 17.7. The molecule has 0 radical (unpaired) electrons. The zero-order chi connectivity index (χ0) is 20.0. The molecule has 1 heterocycles. The number of methoxy groups -OCH3 is 1. The summed E-state index contributed by atoms with van der Waals surface area (Å²) in [5.41, 5.74) is 0.631. The van der Waals surface area contributed by atoms with Crippen LogP contribution in [0.5, 0.6) is 11.5 Å². The van der Waals surface area contributed by atoms with Crippen molar-refractivity contribution in [2.45, 2.75) is 23.9 Å². The predicted molar refractivity (Wildman–Crippen MR) is 91.5 cm³/mol. The van der Waals surface area contributed by atoms with E-state index in [1.54, 1.807) is 0 Å². The summed E-state index contributed by atoms with van der Waals surface area (Å²) in [6, 6.07) is 7.16. The minimum atomic E-state index is -3.00. The number of hydrogen-bond acceptors (Lipinski definition) is 5. The minimum absolute atomic E-state index is 0.0509. The molecule has 2 aromatic rings. The molecule has 0 bridgehead atoms. The lowest BCUT2D eigenvalue weighted by atomic mass is 10.1. The van der Waals surface area contributed by atoms with Gasteiger partial charge >= 0.3 is 6.61 Å². The third-order valence-corrected chi connectivity index (χ3v) is 4.14. The smallest absolute Gasteiger partial charge is 0.387 e. The van der Waals surface area contributed by atoms with E-state index in [0.29, 0.717) is 5.56 Å². The molecule has 0 saturated heterocycles. The van der Waals surface area contributed by atoms with Crippen LogP contribution in [0.4, 0.5) is 17.6 Å². The van der Waals surface area contributed by atoms with Crippen LogP contribution in [0, 0.1) is 0 Å². The third-order valence-electron chi connectivity index (χ3n) is 3.41. The normalized spacial score (nSPS) is 11.0. The summed E-state index contributed by atoms with van der Waals surface area (Å²) in [7, 11) is 2.79. The molecular formula is C17H16F4N2O3S. The van der Waals surface area contributed by atoms with Gasteiger partial charge in [-0.05, 0) is 41.6 Å². The number of benzene rings is 1. The van der Waals surface area contributed by atoms with Gasteiger partial charge in [-0.2, -0.15) is 17.6 Å². The molecule has 0 spiro atoms. The van der Waals surface area contributed by atoms with Gasteiger partial charge in [0.25, 0.3) is 11.7 Å². The van der Waals surface area contributed by atoms with Crippen molar-refractivity contribution < 1.29 is 31.8 Å². The fourth-order valence-electron chi connectivity index (χ4n) is 2.29. The average molecular weight is 404 g/mol. The van der Waals surface area contributed by atoms with E-state index in [-0.39, 0.29) is 40.4 Å². The maximum absolute atomic E-state index is 12.6. The number of thioether (sulfide) groups is 1. The molecule has 5 nitrogen and oxygen atoms in total. The highest BCUT2D eigenvalue weighted by molar-refractivity contribution is 7.99. The van der Waals surface area contributed by atoms with E-state index in [1.807, 2.05) is 0 Å². The van der Waals surface area contributed by atoms with E-state index in [4.69, 9.17) is 4.74 Å². The SMILES string of the molecule is COc1cc(CN(C)C(=O)c2cccnc2SC(F)F)ccc1OC(F)F. The molecule has 0 saturated carbocycles. The molecule has 1 aromatic heterocycles. The first-order chi connectivity index (χ1) is 12.8. The second kappa shape index (κ2) is 9.45. The molecule has 0 unspecified atom stereocenters. The number of alkyl halides is 4. The molecule has 27 heavy (non-hydrogen) atoms. The van der Waals surface area contributed by atoms with Gasteiger partial charge in [0.2, 0.25) is 0 Å². The summed E-state index contributed by atoms with van der Waals surface area (Å²) in [6.45, 7) is -2.90. The number of amides is 1. The monoisotopic (exact) mass is 404 g/mol. The second-order valence-electron chi connectivity index (χ2n) is 5.26. The van der Waals surface area contributed by atoms with E-state index >= 15 is 0 Å². The summed E-state index contributed by atoms with van der Waals surface area (Å²) in [6.07, 6.45) is 1.33. The third kappa shape index (κ3) is 5.75. The zero-order valence-electron chi connectivity index (χ0n) is 14.4. The highest BCUT2D eigenvalue weighted by Crippen LogP contribution is 2.30. The van der Waals surface area contributed by atoms with Gasteiger partial charge in [-0.25, -0.2) is 4.98 Å². The second-order valence-corrected chi connectivity index (χ2v) is 6.24. The Bertz CT molecular complexity index is 793. The molecule has 1 aromatic carbocycles. The standard InChI is InChI=1S/C17H16F4N2O3S/c1-23(15(24)11-4-3-7-22-14(11)27-17(20)21)9-10-5-6-12(26-16(18)19)13(8-10)25-2/h3-8,16-17H,9H2,1-2H3. The van der Waals surface area contributed by atoms with Crippen molar-refractivity contribution in [1.82, 2.24) is 9.88 Å². The fraction of sp³-hybridized carbons (Fsp3) is 0.294. The van der Waals surface area contributed by atoms with E-state index in [0.717, 1.165) is 0 Å². The first kappa shape index (κ1) is 20.8. The average Bonchev–Trinajstić information content (AvgIpc) is 2.61. The Balaban J connectivity index is 2.17. The zero-order valence-corrected chi connectivity index (χ0v) is 15.2. The quantitative estimate of drug-likeness (QED) is 0.486. The van der Waals surface area contributed by atoms with E-state index in [9.17, 15) is 22.4 Å². The van der Waals surface area contributed by atoms with Gasteiger partial charge in [0, 0.05) is 19.8 Å². The summed E-state index contributed by atoms with van der Waals surface area (Å²) in [5, 5.41) is -0.0670. The Morgan fingerprint density at radius 1 is 1.22 bits per heavy atom. The topological polar surface area (TPSA) is 51.7 Å². The Labute approximate surface area is 157 Å². The Hall–Kier alpha value is -2.49. The van der Waals surface area contributed by atoms with Gasteiger partial charge in [-0.1, -0.05) is 6.07 Å². The van der Waals surface area contributed by atoms with Gasteiger partial charge in [0.15, 0.2) is 11.5 Å². The molecule has 0 N–H and O–H groups in total. The van der Waals surface area contributed by atoms with Crippen molar-refractivity contribution in [2.24, 2.45) is 0 Å². The summed E-state index contributed by atoms with van der Waals surface area (Å²) >= 11 is 0.191. The molecule has 2 rings (SSSR count). The number of nitrogens with zero attached hydrogens (tertiary/aromatic N) is 2. The number of pyridine rings is 1. The molecule has 0 fully saturated rings. The highest BCUT2D eigenvalue weighted by atomic mass is 32.2. The largest absolute Gasteiger partial charge is 0.493 e. The fourth-order valence-corrected chi connectivity index (χ4v) is 2.86. The van der Waals surface area contributed by atoms with Crippen molar-refractivity contribution in [2.75, 3.05) is 14.2 Å². The lowest BCUT2D eigenvalue weighted by molar-refractivity contribution is -0.0512. The maximum Gasteiger partial charge on any atom is 0.387 e. The Morgan fingerprint density at radius 2 is 1.96 bits per heavy atom. The van der Waals surface area contributed by atoms with Crippen LogP contribution in [0.3, 0.4) is 0 Å². The first-order valence-electron chi connectivity index (χ1n) is 7.58. The molecule has 0 aliphatic carbocycles. The first-order valence-corrected chi connectivity index (χ1v) is 8.46. The van der Waals surface area contributed by atoms with Crippen LogP contribution in [-0.2, 0) is 6.54 Å². The lowest BCUT2D eigenvalue weighted by Gasteiger charge is -2.19. The molecule has 0 atom stereocenters. The molecule has 0 aliphatic rings. The predicted octanol–water partition coefficient (Wildman–Crippen LogP) is 4.28. The summed E-state index contributed by atoms with van der Waals surface area (Å²) < 4.78 is 59.4. The number of halogens is 4. The lowest BCUT2D eigenvalue weighted by Crippen LogP contribution is -2.27. The van der Waals surface area contributed by atoms with Crippen molar-refractivity contribution in [3.05, 3.63) is 47.7 Å². The van der Waals surface area contributed by atoms with Crippen molar-refractivity contribution >= 4 is 17.7 Å². The van der Waals surface area contributed by atoms with Crippen LogP contribution in [0.2, 0.25) is 0 Å². The van der Waals surface area contributed by atoms with E-state index < -0.39 is 18.3 Å². The number of carbonyl (C=O) groups is 1. The number of ether oxygens (including phenoxy) is 2. The minimum Gasteiger partial charge on any atom is -0.493 e. The Morgan fingerprint density at radius 3 is 2.59 bits per heavy atom. The highest BCUT2D eigenvalue weighted by Gasteiger charge is 2.20. The van der Waals surface area contributed by atoms with Crippen molar-refractivity contribution in [3.8, 4) is 11.5 Å². The maximum atomic E-state index is 12.6. The van der Waals surface area contributed by atoms with E-state index in [2.05, 4.69) is 9.72 Å². The summed E-state index contributed by atoms with van der Waals surface area (Å²) in [5.74, 6) is -3.25. The van der Waals surface area contributed by atoms with E-state index in [1.165, 1.54) is 55.6 Å². The number of rotatable bonds is 8. The number of aromatic nitrogens is 1. The van der Waals surface area contributed by atoms with Gasteiger partial charge in [0.05, 0.1) is 12.7 Å². The van der Waals surface area contributed by atoms with Crippen LogP contribution in [0.15, 0.2) is 41.6 Å². The van der Waals surface area contributed by atoms with Crippen LogP contribution in [0.1, 0.15) is 15.9 Å². The van der Waals surface area contributed by atoms with Crippen molar-refractivity contribution in [3.63, 3.8) is 0 Å². The van der Waals surface area contributed by atoms with Crippen LogP contribution >= 0.6 is 11.8 Å². The molecule has 10 heteroatoms.